The van der Waals surface area contributed by atoms with Crippen LogP contribution in [0.3, 0.4) is 0 Å². The molecular weight excluding hydrogens is 219 g/mol. The largest absolute Gasteiger partial charge is 0.494 e. The predicted molar refractivity (Wildman–Crippen MR) is 64.5 cm³/mol. The predicted octanol–water partition coefficient (Wildman–Crippen LogP) is 2.84. The fourth-order valence-corrected chi connectivity index (χ4v) is 1.48. The van der Waals surface area contributed by atoms with Gasteiger partial charge in [0.15, 0.2) is 11.6 Å². The van der Waals surface area contributed by atoms with E-state index in [1.807, 2.05) is 12.1 Å². The number of rotatable bonds is 4. The highest BCUT2D eigenvalue weighted by Crippen LogP contribution is 2.20. The van der Waals surface area contributed by atoms with Crippen LogP contribution in [0.2, 0.25) is 0 Å². The summed E-state index contributed by atoms with van der Waals surface area (Å²) in [6, 6.07) is 8.61. The fraction of sp³-hybridized carbons (Fsp3) is 0.154. The molecule has 0 aliphatic heterocycles. The van der Waals surface area contributed by atoms with Crippen LogP contribution < -0.4 is 10.1 Å². The topological polar surface area (TPSA) is 34.1 Å². The van der Waals surface area contributed by atoms with Gasteiger partial charge in [0.25, 0.3) is 0 Å². The van der Waals surface area contributed by atoms with Crippen LogP contribution in [0.25, 0.3) is 0 Å². The van der Waals surface area contributed by atoms with E-state index in [0.29, 0.717) is 12.2 Å². The maximum absolute atomic E-state index is 13.4. The first-order chi connectivity index (χ1) is 8.29. The Bertz CT molecular complexity index is 488. The van der Waals surface area contributed by atoms with Gasteiger partial charge in [0.05, 0.1) is 7.11 Å². The molecule has 1 N–H and O–H groups in total. The molecule has 0 fully saturated rings. The molecule has 0 atom stereocenters. The van der Waals surface area contributed by atoms with Gasteiger partial charge in [0.2, 0.25) is 0 Å². The molecule has 0 unspecified atom stereocenters. The van der Waals surface area contributed by atoms with Crippen molar-refractivity contribution in [3.8, 4) is 5.75 Å². The molecule has 3 nitrogen and oxygen atoms in total. The molecule has 0 radical (unpaired) electrons. The van der Waals surface area contributed by atoms with Gasteiger partial charge in [-0.3, -0.25) is 4.98 Å². The highest BCUT2D eigenvalue weighted by molar-refractivity contribution is 5.47. The molecule has 0 amide bonds. The molecule has 4 heteroatoms. The van der Waals surface area contributed by atoms with Crippen molar-refractivity contribution in [3.05, 3.63) is 54.1 Å². The van der Waals surface area contributed by atoms with Gasteiger partial charge in [-0.2, -0.15) is 0 Å². The van der Waals surface area contributed by atoms with Gasteiger partial charge in [0.1, 0.15) is 0 Å². The van der Waals surface area contributed by atoms with Crippen LogP contribution in [0.5, 0.6) is 5.75 Å². The lowest BCUT2D eigenvalue weighted by Gasteiger charge is -2.08. The molecule has 0 spiro atoms. The normalized spacial score (nSPS) is 10.0. The number of methoxy groups -OCH3 is 1. The Morgan fingerprint density at radius 1 is 1.35 bits per heavy atom. The van der Waals surface area contributed by atoms with Crippen LogP contribution in [-0.4, -0.2) is 12.1 Å². The lowest BCUT2D eigenvalue weighted by molar-refractivity contribution is 0.386. The SMILES string of the molecule is COc1ccc(NCc2cccnc2)cc1F. The van der Waals surface area contributed by atoms with Gasteiger partial charge in [0, 0.05) is 30.7 Å². The summed E-state index contributed by atoms with van der Waals surface area (Å²) in [5.41, 5.74) is 1.76. The van der Waals surface area contributed by atoms with Crippen molar-refractivity contribution in [2.45, 2.75) is 6.54 Å². The Kier molecular flexibility index (Phi) is 3.55. The lowest BCUT2D eigenvalue weighted by Crippen LogP contribution is -2.00. The van der Waals surface area contributed by atoms with E-state index in [1.165, 1.54) is 13.2 Å². The second-order valence-electron chi connectivity index (χ2n) is 3.56. The molecule has 2 rings (SSSR count). The first-order valence-corrected chi connectivity index (χ1v) is 5.26. The number of ether oxygens (including phenoxy) is 1. The minimum atomic E-state index is -0.372. The number of nitrogens with zero attached hydrogens (tertiary/aromatic N) is 1. The van der Waals surface area contributed by atoms with Gasteiger partial charge in [-0.05, 0) is 23.8 Å². The molecule has 0 aliphatic carbocycles. The molecule has 1 aromatic carbocycles. The van der Waals surface area contributed by atoms with Crippen molar-refractivity contribution in [1.29, 1.82) is 0 Å². The zero-order valence-electron chi connectivity index (χ0n) is 9.48. The van der Waals surface area contributed by atoms with Crippen LogP contribution in [0.1, 0.15) is 5.56 Å². The summed E-state index contributed by atoms with van der Waals surface area (Å²) >= 11 is 0. The van der Waals surface area contributed by atoms with Crippen molar-refractivity contribution in [3.63, 3.8) is 0 Å². The monoisotopic (exact) mass is 232 g/mol. The van der Waals surface area contributed by atoms with Crippen molar-refractivity contribution in [2.24, 2.45) is 0 Å². The Labute approximate surface area is 99.3 Å². The zero-order valence-corrected chi connectivity index (χ0v) is 9.48. The van der Waals surface area contributed by atoms with E-state index in [1.54, 1.807) is 24.5 Å². The minimum absolute atomic E-state index is 0.247. The van der Waals surface area contributed by atoms with Crippen LogP contribution in [0.15, 0.2) is 42.7 Å². The van der Waals surface area contributed by atoms with Crippen LogP contribution in [0.4, 0.5) is 10.1 Å². The average molecular weight is 232 g/mol. The highest BCUT2D eigenvalue weighted by Gasteiger charge is 2.02. The average Bonchev–Trinajstić information content (AvgIpc) is 2.38. The summed E-state index contributed by atoms with van der Waals surface area (Å²) in [7, 11) is 1.45. The number of hydrogen-bond acceptors (Lipinski definition) is 3. The van der Waals surface area contributed by atoms with E-state index in [0.717, 1.165) is 5.56 Å². The molecule has 0 saturated heterocycles. The summed E-state index contributed by atoms with van der Waals surface area (Å²) in [5, 5.41) is 3.12. The Balaban J connectivity index is 2.02. The van der Waals surface area contributed by atoms with Crippen molar-refractivity contribution in [1.82, 2.24) is 4.98 Å². The number of hydrogen-bond donors (Lipinski definition) is 1. The third-order valence-electron chi connectivity index (χ3n) is 2.37. The van der Waals surface area contributed by atoms with E-state index < -0.39 is 0 Å². The van der Waals surface area contributed by atoms with Crippen LogP contribution in [0, 0.1) is 5.82 Å². The van der Waals surface area contributed by atoms with Crippen LogP contribution >= 0.6 is 0 Å². The lowest BCUT2D eigenvalue weighted by atomic mass is 10.2. The smallest absolute Gasteiger partial charge is 0.167 e. The maximum atomic E-state index is 13.4. The molecule has 0 bridgehead atoms. The molecule has 1 aromatic heterocycles. The van der Waals surface area contributed by atoms with E-state index in [4.69, 9.17) is 4.74 Å². The third kappa shape index (κ3) is 2.93. The van der Waals surface area contributed by atoms with Gasteiger partial charge in [-0.25, -0.2) is 4.39 Å². The summed E-state index contributed by atoms with van der Waals surface area (Å²) in [5.74, 6) is -0.124. The number of nitrogens with one attached hydrogen (secondary N) is 1. The van der Waals surface area contributed by atoms with Gasteiger partial charge in [-0.1, -0.05) is 6.07 Å². The van der Waals surface area contributed by atoms with Gasteiger partial charge in [-0.15, -0.1) is 0 Å². The highest BCUT2D eigenvalue weighted by atomic mass is 19.1. The first kappa shape index (κ1) is 11.4. The first-order valence-electron chi connectivity index (χ1n) is 5.26. The fourth-order valence-electron chi connectivity index (χ4n) is 1.48. The maximum Gasteiger partial charge on any atom is 0.167 e. The standard InChI is InChI=1S/C13H13FN2O/c1-17-13-5-4-11(7-12(13)14)16-9-10-3-2-6-15-8-10/h2-8,16H,9H2,1H3. The molecule has 88 valence electrons. The summed E-state index contributed by atoms with van der Waals surface area (Å²) in [6.45, 7) is 0.611. The van der Waals surface area contributed by atoms with Crippen LogP contribution in [-0.2, 0) is 6.54 Å². The van der Waals surface area contributed by atoms with Crippen molar-refractivity contribution >= 4 is 5.69 Å². The molecule has 2 aromatic rings. The van der Waals surface area contributed by atoms with E-state index in [9.17, 15) is 4.39 Å². The molecular formula is C13H13FN2O. The number of halogens is 1. The molecule has 0 aliphatic rings. The molecule has 1 heterocycles. The van der Waals surface area contributed by atoms with Gasteiger partial charge >= 0.3 is 0 Å². The zero-order chi connectivity index (χ0) is 12.1. The second kappa shape index (κ2) is 5.30. The van der Waals surface area contributed by atoms with E-state index in [-0.39, 0.29) is 11.6 Å². The Morgan fingerprint density at radius 3 is 2.88 bits per heavy atom. The van der Waals surface area contributed by atoms with Crippen molar-refractivity contribution < 1.29 is 9.13 Å². The van der Waals surface area contributed by atoms with E-state index >= 15 is 0 Å². The Morgan fingerprint density at radius 2 is 2.24 bits per heavy atom. The number of benzene rings is 1. The van der Waals surface area contributed by atoms with Crippen molar-refractivity contribution in [2.75, 3.05) is 12.4 Å². The van der Waals surface area contributed by atoms with Gasteiger partial charge < -0.3 is 10.1 Å². The minimum Gasteiger partial charge on any atom is -0.494 e. The number of aromatic nitrogens is 1. The Hall–Kier alpha value is -2.10. The molecule has 0 saturated carbocycles. The summed E-state index contributed by atoms with van der Waals surface area (Å²) < 4.78 is 18.2. The summed E-state index contributed by atoms with van der Waals surface area (Å²) in [6.07, 6.45) is 3.49. The number of anilines is 1. The molecule has 17 heavy (non-hydrogen) atoms. The van der Waals surface area contributed by atoms with E-state index in [2.05, 4.69) is 10.3 Å². The third-order valence-corrected chi connectivity index (χ3v) is 2.37. The quantitative estimate of drug-likeness (QED) is 0.880. The number of pyridine rings is 1. The second-order valence-corrected chi connectivity index (χ2v) is 3.56. The summed E-state index contributed by atoms with van der Waals surface area (Å²) in [4.78, 5) is 4.01.